The maximum Gasteiger partial charge on any atom is 0.344 e. The van der Waals surface area contributed by atoms with E-state index in [1.807, 2.05) is 0 Å². The Labute approximate surface area is 92.3 Å². The molecule has 0 aromatic rings. The smallest absolute Gasteiger partial charge is 0.344 e. The Kier molecular flexibility index (Phi) is 0.967. The van der Waals surface area contributed by atoms with Gasteiger partial charge in [-0.25, -0.2) is 4.79 Å². The van der Waals surface area contributed by atoms with Gasteiger partial charge in [-0.1, -0.05) is 0 Å². The molecule has 0 radical (unpaired) electrons. The summed E-state index contributed by atoms with van der Waals surface area (Å²) in [4.78, 5) is 22.9. The van der Waals surface area contributed by atoms with Crippen LogP contribution in [0.4, 0.5) is 0 Å². The van der Waals surface area contributed by atoms with Gasteiger partial charge in [0.15, 0.2) is 6.61 Å². The van der Waals surface area contributed by atoms with Crippen LogP contribution in [0.5, 0.6) is 0 Å². The summed E-state index contributed by atoms with van der Waals surface area (Å²) in [5, 5.41) is 0. The Bertz CT molecular complexity index is 403. The molecule has 4 nitrogen and oxygen atoms in total. The highest BCUT2D eigenvalue weighted by molar-refractivity contribution is 5.88. The van der Waals surface area contributed by atoms with E-state index in [9.17, 15) is 9.59 Å². The van der Waals surface area contributed by atoms with Gasteiger partial charge in [0.25, 0.3) is 0 Å². The number of ether oxygens (including phenoxy) is 2. The monoisotopic (exact) mass is 220 g/mol. The van der Waals surface area contributed by atoms with E-state index in [1.165, 1.54) is 7.11 Å². The van der Waals surface area contributed by atoms with Gasteiger partial charge in [-0.05, 0) is 41.4 Å². The zero-order chi connectivity index (χ0) is 10.8. The molecular formula is C12H12O4. The van der Waals surface area contributed by atoms with Crippen molar-refractivity contribution in [1.82, 2.24) is 0 Å². The van der Waals surface area contributed by atoms with Crippen molar-refractivity contribution < 1.29 is 19.1 Å². The number of hydrogen-bond donors (Lipinski definition) is 0. The van der Waals surface area contributed by atoms with E-state index in [2.05, 4.69) is 4.74 Å². The Morgan fingerprint density at radius 3 is 2.12 bits per heavy atom. The van der Waals surface area contributed by atoms with Crippen LogP contribution in [0.25, 0.3) is 0 Å². The molecule has 6 aliphatic rings. The largest absolute Gasteiger partial charge is 0.466 e. The van der Waals surface area contributed by atoms with E-state index < -0.39 is 5.97 Å². The molecule has 0 aromatic carbocycles. The molecule has 0 amide bonds. The van der Waals surface area contributed by atoms with Crippen molar-refractivity contribution in [3.8, 4) is 0 Å². The van der Waals surface area contributed by atoms with Crippen molar-refractivity contribution in [3.05, 3.63) is 0 Å². The topological polar surface area (TPSA) is 52.6 Å². The highest BCUT2D eigenvalue weighted by Gasteiger charge is 3.06. The fourth-order valence-electron chi connectivity index (χ4n) is 6.15. The van der Waals surface area contributed by atoms with Crippen LogP contribution in [0.2, 0.25) is 0 Å². The van der Waals surface area contributed by atoms with Crippen LogP contribution in [-0.2, 0) is 19.1 Å². The first-order valence-electron chi connectivity index (χ1n) is 5.98. The van der Waals surface area contributed by atoms with Crippen LogP contribution in [0.15, 0.2) is 0 Å². The molecule has 0 spiro atoms. The molecule has 0 unspecified atom stereocenters. The number of carbonyl (C=O) groups excluding carboxylic acids is 2. The van der Waals surface area contributed by atoms with E-state index in [4.69, 9.17) is 4.74 Å². The lowest BCUT2D eigenvalue weighted by molar-refractivity contribution is -0.598. The number of esters is 2. The summed E-state index contributed by atoms with van der Waals surface area (Å²) in [5.74, 6) is 4.94. The minimum absolute atomic E-state index is 0.108. The van der Waals surface area contributed by atoms with Crippen molar-refractivity contribution in [2.24, 2.45) is 46.8 Å². The van der Waals surface area contributed by atoms with Crippen LogP contribution in [0.1, 0.15) is 0 Å². The second kappa shape index (κ2) is 1.91. The van der Waals surface area contributed by atoms with Gasteiger partial charge in [0.2, 0.25) is 0 Å². The Balaban J connectivity index is 1.33. The molecule has 6 aliphatic carbocycles. The van der Waals surface area contributed by atoms with Gasteiger partial charge in [-0.15, -0.1) is 0 Å². The highest BCUT2D eigenvalue weighted by atomic mass is 16.6. The van der Waals surface area contributed by atoms with Crippen LogP contribution in [0.3, 0.4) is 0 Å². The fraction of sp³-hybridized carbons (Fsp3) is 0.833. The van der Waals surface area contributed by atoms with Crippen LogP contribution in [-0.4, -0.2) is 25.7 Å². The van der Waals surface area contributed by atoms with Gasteiger partial charge in [0.1, 0.15) is 0 Å². The van der Waals surface area contributed by atoms with Crippen LogP contribution in [0, 0.1) is 46.8 Å². The van der Waals surface area contributed by atoms with Gasteiger partial charge in [-0.2, -0.15) is 0 Å². The summed E-state index contributed by atoms with van der Waals surface area (Å²) in [5.41, 5.74) is -0.108. The Morgan fingerprint density at radius 1 is 1.06 bits per heavy atom. The zero-order valence-corrected chi connectivity index (χ0v) is 8.88. The van der Waals surface area contributed by atoms with Crippen molar-refractivity contribution in [3.63, 3.8) is 0 Å². The van der Waals surface area contributed by atoms with Gasteiger partial charge >= 0.3 is 11.9 Å². The molecule has 6 saturated carbocycles. The summed E-state index contributed by atoms with van der Waals surface area (Å²) in [6.07, 6.45) is 0. The predicted octanol–water partition coefficient (Wildman–Crippen LogP) is 0.0704. The lowest BCUT2D eigenvalue weighted by atomic mass is 8.96. The molecule has 6 fully saturated rings. The van der Waals surface area contributed by atoms with E-state index >= 15 is 0 Å². The van der Waals surface area contributed by atoms with Gasteiger partial charge in [0.05, 0.1) is 12.5 Å². The molecule has 0 N–H and O–H groups in total. The molecule has 0 aliphatic heterocycles. The minimum atomic E-state index is -0.467. The molecule has 4 heteroatoms. The number of rotatable bonds is 3. The van der Waals surface area contributed by atoms with Crippen molar-refractivity contribution in [1.29, 1.82) is 0 Å². The molecular weight excluding hydrogens is 208 g/mol. The van der Waals surface area contributed by atoms with Crippen molar-refractivity contribution in [2.75, 3.05) is 13.7 Å². The summed E-state index contributed by atoms with van der Waals surface area (Å²) < 4.78 is 9.56. The first kappa shape index (κ1) is 8.09. The first-order chi connectivity index (χ1) is 7.74. The quantitative estimate of drug-likeness (QED) is 0.632. The van der Waals surface area contributed by atoms with Crippen LogP contribution >= 0.6 is 0 Å². The summed E-state index contributed by atoms with van der Waals surface area (Å²) >= 11 is 0. The maximum absolute atomic E-state index is 12.0. The minimum Gasteiger partial charge on any atom is -0.466 e. The van der Waals surface area contributed by atoms with Crippen LogP contribution < -0.4 is 0 Å². The second-order valence-corrected chi connectivity index (χ2v) is 5.97. The molecule has 6 rings (SSSR count). The molecule has 0 aromatic heterocycles. The molecule has 0 saturated heterocycles. The normalized spacial score (nSPS) is 63.7. The summed E-state index contributed by atoms with van der Waals surface area (Å²) in [6.45, 7) is -0.216. The average molecular weight is 220 g/mol. The van der Waals surface area contributed by atoms with E-state index in [0.717, 1.165) is 23.7 Å². The number of carbonyl (C=O) groups is 2. The second-order valence-electron chi connectivity index (χ2n) is 5.97. The number of methoxy groups -OCH3 is 1. The lowest BCUT2D eigenvalue weighted by Gasteiger charge is -3.06. The Morgan fingerprint density at radius 2 is 1.62 bits per heavy atom. The highest BCUT2D eigenvalue weighted by Crippen LogP contribution is 3.05. The molecule has 16 heavy (non-hydrogen) atoms. The third kappa shape index (κ3) is 0.424. The van der Waals surface area contributed by atoms with E-state index in [0.29, 0.717) is 17.8 Å². The molecule has 0 atom stereocenters. The zero-order valence-electron chi connectivity index (χ0n) is 8.88. The molecule has 84 valence electrons. The van der Waals surface area contributed by atoms with Crippen molar-refractivity contribution >= 4 is 11.9 Å². The van der Waals surface area contributed by atoms with Gasteiger partial charge in [0, 0.05) is 0 Å². The maximum atomic E-state index is 12.0. The summed E-state index contributed by atoms with van der Waals surface area (Å²) in [6, 6.07) is 0. The van der Waals surface area contributed by atoms with Crippen molar-refractivity contribution in [2.45, 2.75) is 0 Å². The average Bonchev–Trinajstić information content (AvgIpc) is 2.35. The molecule has 0 bridgehead atoms. The Hall–Kier alpha value is -1.06. The number of hydrogen-bond acceptors (Lipinski definition) is 4. The van der Waals surface area contributed by atoms with Gasteiger partial charge in [-0.3, -0.25) is 4.79 Å². The lowest BCUT2D eigenvalue weighted by Crippen LogP contribution is -3.06. The SMILES string of the molecule is COC(=O)COC(=O)C12C3C4C5C3C1C5C42. The summed E-state index contributed by atoms with van der Waals surface area (Å²) in [7, 11) is 1.31. The third-order valence-electron chi connectivity index (χ3n) is 6.38. The fourth-order valence-corrected chi connectivity index (χ4v) is 6.15. The standard InChI is InChI=1S/C12H12O4/c1-15-3(13)2-16-11(14)12-8-5-4-6(8)10(12)7(4)9(5)12/h4-10H,2H2,1H3. The van der Waals surface area contributed by atoms with Gasteiger partial charge < -0.3 is 9.47 Å². The predicted molar refractivity (Wildman–Crippen MR) is 49.8 cm³/mol. The molecule has 0 heterocycles. The van der Waals surface area contributed by atoms with E-state index in [1.54, 1.807) is 0 Å². The first-order valence-corrected chi connectivity index (χ1v) is 5.98. The van der Waals surface area contributed by atoms with E-state index in [-0.39, 0.29) is 18.0 Å². The third-order valence-corrected chi connectivity index (χ3v) is 6.38.